The number of hydrogen-bond acceptors (Lipinski definition) is 6. The van der Waals surface area contributed by atoms with Crippen LogP contribution >= 0.6 is 0 Å². The van der Waals surface area contributed by atoms with Crippen LogP contribution < -0.4 is 0 Å². The molecule has 0 spiro atoms. The molecular weight excluding hydrogens is 252 g/mol. The van der Waals surface area contributed by atoms with Gasteiger partial charge in [-0.3, -0.25) is 0 Å². The molecule has 1 N–H and O–H groups in total. The third-order valence-electron chi connectivity index (χ3n) is 1.70. The third-order valence-corrected chi connectivity index (χ3v) is 1.70. The maximum Gasteiger partial charge on any atom is 0.452 e. The Bertz CT molecular complexity index is 393. The molecule has 0 aliphatic heterocycles. The van der Waals surface area contributed by atoms with Gasteiger partial charge in [-0.15, -0.1) is 5.11 Å². The number of carbonyl (C=O) groups is 2. The molecule has 0 bridgehead atoms. The van der Waals surface area contributed by atoms with Gasteiger partial charge in [-0.25, -0.2) is 9.59 Å². The normalized spacial score (nSPS) is 13.1. The smallest absolute Gasteiger partial charge is 0.452 e. The molecule has 0 saturated heterocycles. The molecule has 7 heteroatoms. The molecule has 7 nitrogen and oxygen atoms in total. The van der Waals surface area contributed by atoms with Gasteiger partial charge in [0.25, 0.3) is 0 Å². The van der Waals surface area contributed by atoms with E-state index < -0.39 is 23.4 Å². The van der Waals surface area contributed by atoms with Gasteiger partial charge in [0.1, 0.15) is 11.4 Å². The zero-order valence-electron chi connectivity index (χ0n) is 11.9. The van der Waals surface area contributed by atoms with E-state index in [1.807, 2.05) is 0 Å². The summed E-state index contributed by atoms with van der Waals surface area (Å²) in [7, 11) is 0. The lowest BCUT2D eigenvalue weighted by Crippen LogP contribution is -2.21. The van der Waals surface area contributed by atoms with Crippen LogP contribution in [0.2, 0.25) is 0 Å². The summed E-state index contributed by atoms with van der Waals surface area (Å²) in [5.74, 6) is -1.14. The fourth-order valence-electron chi connectivity index (χ4n) is 0.956. The first-order valence-electron chi connectivity index (χ1n) is 5.95. The average molecular weight is 272 g/mol. The van der Waals surface area contributed by atoms with Crippen LogP contribution in [0.1, 0.15) is 41.0 Å². The molecule has 0 atom stereocenters. The second kappa shape index (κ2) is 7.50. The van der Waals surface area contributed by atoms with Crippen molar-refractivity contribution in [2.75, 3.05) is 6.61 Å². The van der Waals surface area contributed by atoms with Crippen molar-refractivity contribution >= 4 is 12.1 Å². The van der Waals surface area contributed by atoms with Crippen LogP contribution in [0.5, 0.6) is 0 Å². The molecule has 19 heavy (non-hydrogen) atoms. The lowest BCUT2D eigenvalue weighted by atomic mass is 10.2. The van der Waals surface area contributed by atoms with Crippen molar-refractivity contribution in [2.45, 2.75) is 46.6 Å². The molecule has 0 aliphatic carbocycles. The Morgan fingerprint density at radius 3 is 2.16 bits per heavy atom. The first kappa shape index (κ1) is 17.1. The van der Waals surface area contributed by atoms with E-state index in [0.29, 0.717) is 0 Å². The predicted octanol–water partition coefficient (Wildman–Crippen LogP) is 3.12. The minimum absolute atomic E-state index is 0.126. The number of azo groups is 1. The fourth-order valence-corrected chi connectivity index (χ4v) is 0.956. The fraction of sp³-hybridized carbons (Fsp3) is 0.667. The van der Waals surface area contributed by atoms with Crippen molar-refractivity contribution in [3.63, 3.8) is 0 Å². The lowest BCUT2D eigenvalue weighted by Gasteiger charge is -2.16. The summed E-state index contributed by atoms with van der Waals surface area (Å²) < 4.78 is 9.58. The number of esters is 1. The van der Waals surface area contributed by atoms with Gasteiger partial charge in [-0.05, 0) is 27.7 Å². The van der Waals surface area contributed by atoms with Crippen molar-refractivity contribution in [1.29, 1.82) is 0 Å². The van der Waals surface area contributed by atoms with E-state index in [0.717, 1.165) is 0 Å². The van der Waals surface area contributed by atoms with Crippen molar-refractivity contribution in [3.05, 3.63) is 11.5 Å². The summed E-state index contributed by atoms with van der Waals surface area (Å²) in [6.45, 7) is 8.38. The van der Waals surface area contributed by atoms with E-state index in [9.17, 15) is 14.7 Å². The van der Waals surface area contributed by atoms with Gasteiger partial charge in [-0.1, -0.05) is 12.0 Å². The van der Waals surface area contributed by atoms with E-state index in [2.05, 4.69) is 10.2 Å². The van der Waals surface area contributed by atoms with Gasteiger partial charge in [0, 0.05) is 6.42 Å². The molecule has 0 aliphatic rings. The first-order chi connectivity index (χ1) is 8.71. The lowest BCUT2D eigenvalue weighted by molar-refractivity contribution is -0.138. The largest absolute Gasteiger partial charge is 0.510 e. The first-order valence-corrected chi connectivity index (χ1v) is 5.95. The van der Waals surface area contributed by atoms with Crippen LogP contribution in [0.15, 0.2) is 21.7 Å². The number of amides is 1. The molecule has 0 radical (unpaired) electrons. The molecule has 1 amide bonds. The topological polar surface area (TPSA) is 97.6 Å². The number of aliphatic hydroxyl groups excluding tert-OH is 1. The maximum absolute atomic E-state index is 11.5. The molecule has 0 fully saturated rings. The predicted molar refractivity (Wildman–Crippen MR) is 67.7 cm³/mol. The van der Waals surface area contributed by atoms with Gasteiger partial charge < -0.3 is 14.6 Å². The van der Waals surface area contributed by atoms with Crippen LogP contribution in [0.3, 0.4) is 0 Å². The highest BCUT2D eigenvalue weighted by molar-refractivity contribution is 5.88. The number of rotatable bonds is 4. The van der Waals surface area contributed by atoms with Gasteiger partial charge in [0.05, 0.1) is 6.61 Å². The molecule has 0 saturated carbocycles. The average Bonchev–Trinajstić information content (AvgIpc) is 2.26. The van der Waals surface area contributed by atoms with Gasteiger partial charge in [-0.2, -0.15) is 0 Å². The van der Waals surface area contributed by atoms with E-state index in [1.54, 1.807) is 34.6 Å². The van der Waals surface area contributed by atoms with E-state index in [1.165, 1.54) is 0 Å². The molecule has 0 aromatic rings. The number of ether oxygens (including phenoxy) is 2. The van der Waals surface area contributed by atoms with E-state index in [4.69, 9.17) is 9.47 Å². The summed E-state index contributed by atoms with van der Waals surface area (Å²) in [5, 5.41) is 16.2. The van der Waals surface area contributed by atoms with Crippen LogP contribution in [-0.2, 0) is 14.3 Å². The van der Waals surface area contributed by atoms with Crippen molar-refractivity contribution in [2.24, 2.45) is 10.2 Å². The second-order valence-corrected chi connectivity index (χ2v) is 4.55. The van der Waals surface area contributed by atoms with Crippen LogP contribution in [0.25, 0.3) is 0 Å². The van der Waals surface area contributed by atoms with Crippen molar-refractivity contribution in [3.8, 4) is 0 Å². The molecule has 108 valence electrons. The van der Waals surface area contributed by atoms with Crippen molar-refractivity contribution < 1.29 is 24.2 Å². The van der Waals surface area contributed by atoms with Gasteiger partial charge >= 0.3 is 12.1 Å². The summed E-state index contributed by atoms with van der Waals surface area (Å²) in [6, 6.07) is 0. The van der Waals surface area contributed by atoms with Crippen molar-refractivity contribution in [1.82, 2.24) is 0 Å². The summed E-state index contributed by atoms with van der Waals surface area (Å²) in [4.78, 5) is 22.8. The van der Waals surface area contributed by atoms with E-state index >= 15 is 0 Å². The van der Waals surface area contributed by atoms with Gasteiger partial charge in [0.15, 0.2) is 0 Å². The molecule has 0 rings (SSSR count). The molecular formula is C12H20N2O5. The maximum atomic E-state index is 11.5. The summed E-state index contributed by atoms with van der Waals surface area (Å²) >= 11 is 0. The zero-order chi connectivity index (χ0) is 15.1. The third kappa shape index (κ3) is 7.17. The Labute approximate surface area is 112 Å². The number of aliphatic hydroxyl groups is 1. The Morgan fingerprint density at radius 2 is 1.74 bits per heavy atom. The SMILES string of the molecule is CCOC(=O)/C(N=NC(=O)OC(C)(C)C)=C(/O)CC. The highest BCUT2D eigenvalue weighted by atomic mass is 16.6. The number of hydrogen-bond donors (Lipinski definition) is 1. The monoisotopic (exact) mass is 272 g/mol. The summed E-state index contributed by atoms with van der Waals surface area (Å²) in [5.41, 5.74) is -1.10. The minimum atomic E-state index is -0.946. The minimum Gasteiger partial charge on any atom is -0.510 e. The van der Waals surface area contributed by atoms with Crippen LogP contribution in [0, 0.1) is 0 Å². The molecule has 0 aromatic carbocycles. The Balaban J connectivity index is 4.95. The quantitative estimate of drug-likeness (QED) is 0.367. The molecule has 0 heterocycles. The highest BCUT2D eigenvalue weighted by Crippen LogP contribution is 2.12. The molecule has 0 unspecified atom stereocenters. The van der Waals surface area contributed by atoms with E-state index in [-0.39, 0.29) is 18.8 Å². The standard InChI is InChI=1S/C12H20N2O5/c1-6-8(15)9(10(16)18-7-2)13-14-11(17)19-12(3,4)5/h15H,6-7H2,1-5H3/b9-8-,14-13?. The molecule has 0 aromatic heterocycles. The summed E-state index contributed by atoms with van der Waals surface area (Å²) in [6.07, 6.45) is -0.778. The second-order valence-electron chi connectivity index (χ2n) is 4.55. The number of nitrogens with zero attached hydrogens (tertiary/aromatic N) is 2. The highest BCUT2D eigenvalue weighted by Gasteiger charge is 2.19. The van der Waals surface area contributed by atoms with Gasteiger partial charge in [0.2, 0.25) is 5.70 Å². The number of allylic oxidation sites excluding steroid dienone is 1. The number of carbonyl (C=O) groups excluding carboxylic acids is 2. The Kier molecular flexibility index (Phi) is 6.74. The zero-order valence-corrected chi connectivity index (χ0v) is 11.9. The Morgan fingerprint density at radius 1 is 1.16 bits per heavy atom. The van der Waals surface area contributed by atoms with Crippen LogP contribution in [-0.4, -0.2) is 29.4 Å². The van der Waals surface area contributed by atoms with Crippen LogP contribution in [0.4, 0.5) is 4.79 Å². The Hall–Kier alpha value is -1.92.